The molecule has 0 fully saturated rings. The molecule has 10 heteroatoms. The molecule has 1 heterocycles. The van der Waals surface area contributed by atoms with E-state index in [4.69, 9.17) is 22.6 Å². The molecule has 0 radical (unpaired) electrons. The molecule has 0 saturated carbocycles. The van der Waals surface area contributed by atoms with Gasteiger partial charge in [0.25, 0.3) is 5.56 Å². The summed E-state index contributed by atoms with van der Waals surface area (Å²) < 4.78 is 0. The molecule has 3 rings (SSSR count). The molecule has 0 aliphatic rings. The largest absolute Gasteiger partial charge is 0.398 e. The molecule has 8 nitrogen and oxygen atoms in total. The van der Waals surface area contributed by atoms with Gasteiger partial charge in [-0.05, 0) is 24.3 Å². The minimum Gasteiger partial charge on any atom is -0.398 e. The first-order valence-corrected chi connectivity index (χ1v) is 9.28. The minimum absolute atomic E-state index is 0.0468. The predicted octanol–water partition coefficient (Wildman–Crippen LogP) is 2.67. The van der Waals surface area contributed by atoms with Crippen LogP contribution in [-0.2, 0) is 4.79 Å². The molecule has 0 bridgehead atoms. The molecule has 3 aromatic rings. The smallest absolute Gasteiger partial charge is 0.278 e. The number of nitrogens with zero attached hydrogens (tertiary/aromatic N) is 3. The Morgan fingerprint density at radius 3 is 2.79 bits per heavy atom. The lowest BCUT2D eigenvalue weighted by molar-refractivity contribution is -0.113. The Morgan fingerprint density at radius 1 is 1.29 bits per heavy atom. The highest BCUT2D eigenvalue weighted by molar-refractivity contribution is 7.99. The molecule has 4 N–H and O–H groups in total. The van der Waals surface area contributed by atoms with Crippen molar-refractivity contribution in [3.8, 4) is 17.3 Å². The summed E-state index contributed by atoms with van der Waals surface area (Å²) in [5, 5.41) is 20.1. The number of nitrogens with two attached hydrogens (primary N) is 1. The molecule has 1 aromatic heterocycles. The van der Waals surface area contributed by atoms with Gasteiger partial charge in [-0.2, -0.15) is 5.26 Å². The molecular formula is C18H13ClN6O2S. The van der Waals surface area contributed by atoms with E-state index in [9.17, 15) is 9.59 Å². The number of benzene rings is 2. The van der Waals surface area contributed by atoms with E-state index in [0.29, 0.717) is 27.5 Å². The van der Waals surface area contributed by atoms with Crippen molar-refractivity contribution in [2.24, 2.45) is 0 Å². The third kappa shape index (κ3) is 4.49. The van der Waals surface area contributed by atoms with Gasteiger partial charge in [-0.15, -0.1) is 10.2 Å². The van der Waals surface area contributed by atoms with Crippen LogP contribution in [0.2, 0.25) is 5.02 Å². The van der Waals surface area contributed by atoms with E-state index in [0.717, 1.165) is 11.8 Å². The molecule has 1 amide bonds. The SMILES string of the molecule is N#Cc1ccc(Cl)cc1NC(=O)CSc1nnc(-c2ccccc2N)c(=O)[nH]1. The van der Waals surface area contributed by atoms with Crippen LogP contribution in [-0.4, -0.2) is 26.8 Å². The molecule has 2 aromatic carbocycles. The number of hydrogen-bond donors (Lipinski definition) is 3. The van der Waals surface area contributed by atoms with Gasteiger partial charge in [-0.25, -0.2) is 0 Å². The second kappa shape index (κ2) is 8.56. The Bertz CT molecular complexity index is 1140. The zero-order valence-corrected chi connectivity index (χ0v) is 15.8. The van der Waals surface area contributed by atoms with Crippen molar-refractivity contribution >= 4 is 40.6 Å². The number of carbonyl (C=O) groups excluding carboxylic acids is 1. The van der Waals surface area contributed by atoms with Crippen molar-refractivity contribution in [1.29, 1.82) is 5.26 Å². The highest BCUT2D eigenvalue weighted by Gasteiger charge is 2.13. The summed E-state index contributed by atoms with van der Waals surface area (Å²) in [5.41, 5.74) is 7.00. The van der Waals surface area contributed by atoms with E-state index in [-0.39, 0.29) is 22.5 Å². The van der Waals surface area contributed by atoms with E-state index in [1.807, 2.05) is 6.07 Å². The fourth-order valence-corrected chi connectivity index (χ4v) is 3.09. The number of hydrogen-bond acceptors (Lipinski definition) is 7. The van der Waals surface area contributed by atoms with Crippen molar-refractivity contribution in [2.75, 3.05) is 16.8 Å². The average Bonchev–Trinajstić information content (AvgIpc) is 2.67. The van der Waals surface area contributed by atoms with Gasteiger partial charge < -0.3 is 11.1 Å². The lowest BCUT2D eigenvalue weighted by atomic mass is 10.1. The number of thioether (sulfide) groups is 1. The molecule has 140 valence electrons. The standard InChI is InChI=1S/C18H13ClN6O2S/c19-11-6-5-10(8-20)14(7-11)22-15(26)9-28-18-23-17(27)16(24-25-18)12-3-1-2-4-13(12)21/h1-7H,9,21H2,(H,22,26)(H,23,25,27). The zero-order chi connectivity index (χ0) is 20.1. The maximum Gasteiger partial charge on any atom is 0.278 e. The quantitative estimate of drug-likeness (QED) is 0.432. The van der Waals surface area contributed by atoms with Gasteiger partial charge in [-0.1, -0.05) is 41.6 Å². The van der Waals surface area contributed by atoms with E-state index in [1.165, 1.54) is 12.1 Å². The van der Waals surface area contributed by atoms with Crippen LogP contribution in [0, 0.1) is 11.3 Å². The molecule has 0 atom stereocenters. The van der Waals surface area contributed by atoms with E-state index in [2.05, 4.69) is 20.5 Å². The zero-order valence-electron chi connectivity index (χ0n) is 14.3. The molecular weight excluding hydrogens is 400 g/mol. The van der Waals surface area contributed by atoms with E-state index < -0.39 is 5.56 Å². The third-order valence-electron chi connectivity index (χ3n) is 3.61. The van der Waals surface area contributed by atoms with Gasteiger partial charge in [-0.3, -0.25) is 14.6 Å². The lowest BCUT2D eigenvalue weighted by Crippen LogP contribution is -2.18. The molecule has 0 saturated heterocycles. The molecule has 0 unspecified atom stereocenters. The lowest BCUT2D eigenvalue weighted by Gasteiger charge is -2.07. The Morgan fingerprint density at radius 2 is 2.07 bits per heavy atom. The van der Waals surface area contributed by atoms with Gasteiger partial charge >= 0.3 is 0 Å². The number of para-hydroxylation sites is 1. The number of H-pyrrole nitrogens is 1. The van der Waals surface area contributed by atoms with Crippen LogP contribution >= 0.6 is 23.4 Å². The number of carbonyl (C=O) groups is 1. The Hall–Kier alpha value is -3.35. The summed E-state index contributed by atoms with van der Waals surface area (Å²) in [7, 11) is 0. The second-order valence-corrected chi connectivity index (χ2v) is 6.93. The summed E-state index contributed by atoms with van der Waals surface area (Å²) in [6, 6.07) is 13.4. The highest BCUT2D eigenvalue weighted by atomic mass is 35.5. The monoisotopic (exact) mass is 412 g/mol. The second-order valence-electron chi connectivity index (χ2n) is 5.53. The number of rotatable bonds is 5. The van der Waals surface area contributed by atoms with Crippen molar-refractivity contribution in [3.63, 3.8) is 0 Å². The van der Waals surface area contributed by atoms with Crippen LogP contribution in [0.3, 0.4) is 0 Å². The van der Waals surface area contributed by atoms with Crippen molar-refractivity contribution in [3.05, 3.63) is 63.4 Å². The highest BCUT2D eigenvalue weighted by Crippen LogP contribution is 2.22. The molecule has 0 spiro atoms. The maximum absolute atomic E-state index is 12.3. The van der Waals surface area contributed by atoms with Gasteiger partial charge in [0.15, 0.2) is 10.9 Å². The molecule has 0 aliphatic carbocycles. The topological polar surface area (TPSA) is 138 Å². The fraction of sp³-hybridized carbons (Fsp3) is 0.0556. The maximum atomic E-state index is 12.3. The number of anilines is 2. The van der Waals surface area contributed by atoms with Gasteiger partial charge in [0.2, 0.25) is 5.91 Å². The predicted molar refractivity (Wildman–Crippen MR) is 108 cm³/mol. The van der Waals surface area contributed by atoms with Crippen molar-refractivity contribution in [2.45, 2.75) is 5.16 Å². The Balaban J connectivity index is 1.69. The number of nitriles is 1. The first-order chi connectivity index (χ1) is 13.5. The summed E-state index contributed by atoms with van der Waals surface area (Å²) in [4.78, 5) is 27.0. The van der Waals surface area contributed by atoms with Crippen LogP contribution in [0.5, 0.6) is 0 Å². The molecule has 28 heavy (non-hydrogen) atoms. The minimum atomic E-state index is -0.461. The third-order valence-corrected chi connectivity index (χ3v) is 4.71. The summed E-state index contributed by atoms with van der Waals surface area (Å²) in [5.74, 6) is -0.433. The van der Waals surface area contributed by atoms with Crippen LogP contribution < -0.4 is 16.6 Å². The summed E-state index contributed by atoms with van der Waals surface area (Å²) in [6.45, 7) is 0. The number of nitrogens with one attached hydrogen (secondary N) is 2. The Kier molecular flexibility index (Phi) is 5.93. The summed E-state index contributed by atoms with van der Waals surface area (Å²) in [6.07, 6.45) is 0. The number of amides is 1. The Labute approximate surface area is 168 Å². The van der Waals surface area contributed by atoms with Crippen molar-refractivity contribution in [1.82, 2.24) is 15.2 Å². The summed E-state index contributed by atoms with van der Waals surface area (Å²) >= 11 is 6.89. The normalized spacial score (nSPS) is 10.3. The van der Waals surface area contributed by atoms with E-state index in [1.54, 1.807) is 30.3 Å². The van der Waals surface area contributed by atoms with Gasteiger partial charge in [0.05, 0.1) is 17.0 Å². The van der Waals surface area contributed by atoms with Gasteiger partial charge in [0.1, 0.15) is 6.07 Å². The van der Waals surface area contributed by atoms with Crippen LogP contribution in [0.4, 0.5) is 11.4 Å². The van der Waals surface area contributed by atoms with Gasteiger partial charge in [0, 0.05) is 16.3 Å². The number of halogens is 1. The average molecular weight is 413 g/mol. The van der Waals surface area contributed by atoms with Crippen LogP contribution in [0.1, 0.15) is 5.56 Å². The number of aromatic nitrogens is 3. The van der Waals surface area contributed by atoms with Crippen LogP contribution in [0.25, 0.3) is 11.3 Å². The van der Waals surface area contributed by atoms with E-state index >= 15 is 0 Å². The first kappa shape index (κ1) is 19.4. The van der Waals surface area contributed by atoms with Crippen LogP contribution in [0.15, 0.2) is 52.4 Å². The fourth-order valence-electron chi connectivity index (χ4n) is 2.31. The first-order valence-electron chi connectivity index (χ1n) is 7.92. The number of nitrogen functional groups attached to an aromatic ring is 1. The number of aromatic amines is 1. The molecule has 0 aliphatic heterocycles. The van der Waals surface area contributed by atoms with Crippen molar-refractivity contribution < 1.29 is 4.79 Å².